The summed E-state index contributed by atoms with van der Waals surface area (Å²) in [5.74, 6) is -0.00915. The first kappa shape index (κ1) is 17.7. The van der Waals surface area contributed by atoms with Crippen LogP contribution in [0.3, 0.4) is 0 Å². The fraction of sp³-hybridized carbons (Fsp3) is 0.400. The Balaban J connectivity index is 1.96. The minimum absolute atomic E-state index is 0.0633. The number of halogens is 1. The van der Waals surface area contributed by atoms with Crippen molar-refractivity contribution in [3.05, 3.63) is 68.1 Å². The van der Waals surface area contributed by atoms with Gasteiger partial charge in [0.1, 0.15) is 5.56 Å². The lowest BCUT2D eigenvalue weighted by Crippen LogP contribution is -2.35. The number of rotatable bonds is 2. The third-order valence-corrected chi connectivity index (χ3v) is 5.78. The van der Waals surface area contributed by atoms with Gasteiger partial charge in [-0.2, -0.15) is 0 Å². The zero-order valence-corrected chi connectivity index (χ0v) is 15.8. The Morgan fingerprint density at radius 1 is 1.24 bits per heavy atom. The monoisotopic (exact) mass is 358 g/mol. The summed E-state index contributed by atoms with van der Waals surface area (Å²) < 4.78 is 0. The number of nitrogens with zero attached hydrogens (tertiary/aromatic N) is 1. The largest absolute Gasteiger partial charge is 0.337 e. The fourth-order valence-corrected chi connectivity index (χ4v) is 3.94. The third kappa shape index (κ3) is 3.11. The molecule has 0 bridgehead atoms. The molecule has 3 rings (SSSR count). The van der Waals surface area contributed by atoms with Crippen molar-refractivity contribution in [3.63, 3.8) is 0 Å². The summed E-state index contributed by atoms with van der Waals surface area (Å²) >= 11 is 6.25. The highest BCUT2D eigenvalue weighted by Gasteiger charge is 2.42. The van der Waals surface area contributed by atoms with Gasteiger partial charge in [0.05, 0.1) is 5.02 Å². The van der Waals surface area contributed by atoms with Gasteiger partial charge in [0.15, 0.2) is 0 Å². The Morgan fingerprint density at radius 2 is 1.88 bits per heavy atom. The smallest absolute Gasteiger partial charge is 0.261 e. The van der Waals surface area contributed by atoms with E-state index < -0.39 is 0 Å². The lowest BCUT2D eigenvalue weighted by molar-refractivity contribution is 0.0775. The maximum atomic E-state index is 13.1. The molecule has 1 aromatic carbocycles. The number of aryl methyl sites for hydroxylation is 1. The molecule has 1 fully saturated rings. The van der Waals surface area contributed by atoms with Crippen LogP contribution in [0, 0.1) is 19.3 Å². The molecule has 1 aliphatic heterocycles. The van der Waals surface area contributed by atoms with E-state index in [1.54, 1.807) is 18.7 Å². The van der Waals surface area contributed by atoms with Crippen molar-refractivity contribution in [2.75, 3.05) is 13.1 Å². The molecule has 1 atom stereocenters. The maximum Gasteiger partial charge on any atom is 0.261 e. The van der Waals surface area contributed by atoms with Crippen LogP contribution in [0.1, 0.15) is 46.9 Å². The highest BCUT2D eigenvalue weighted by atomic mass is 35.5. The Bertz CT molecular complexity index is 871. The molecule has 0 spiro atoms. The van der Waals surface area contributed by atoms with E-state index in [0.29, 0.717) is 29.4 Å². The second-order valence-electron chi connectivity index (χ2n) is 7.53. The van der Waals surface area contributed by atoms with Crippen molar-refractivity contribution in [2.24, 2.45) is 5.41 Å². The van der Waals surface area contributed by atoms with E-state index in [2.05, 4.69) is 31.0 Å². The summed E-state index contributed by atoms with van der Waals surface area (Å²) in [5.41, 5.74) is 2.07. The molecule has 0 saturated carbocycles. The number of H-pyrrole nitrogens is 1. The molecule has 1 amide bonds. The minimum Gasteiger partial charge on any atom is -0.337 e. The van der Waals surface area contributed by atoms with Crippen LogP contribution in [0.25, 0.3) is 0 Å². The molecule has 1 N–H and O–H groups in total. The topological polar surface area (TPSA) is 53.2 Å². The lowest BCUT2D eigenvalue weighted by atomic mass is 9.78. The van der Waals surface area contributed by atoms with Crippen molar-refractivity contribution in [1.29, 1.82) is 0 Å². The van der Waals surface area contributed by atoms with E-state index in [1.807, 2.05) is 18.2 Å². The van der Waals surface area contributed by atoms with Gasteiger partial charge in [0, 0.05) is 24.7 Å². The fourth-order valence-electron chi connectivity index (χ4n) is 3.80. The molecule has 1 aromatic heterocycles. The molecule has 4 nitrogen and oxygen atoms in total. The Kier molecular flexibility index (Phi) is 4.50. The number of carbonyl (C=O) groups is 1. The van der Waals surface area contributed by atoms with E-state index in [0.717, 1.165) is 0 Å². The number of aromatic amines is 1. The van der Waals surface area contributed by atoms with Crippen LogP contribution in [0.5, 0.6) is 0 Å². The van der Waals surface area contributed by atoms with Gasteiger partial charge in [-0.25, -0.2) is 0 Å². The summed E-state index contributed by atoms with van der Waals surface area (Å²) in [6.45, 7) is 8.99. The quantitative estimate of drug-likeness (QED) is 0.884. The second-order valence-corrected chi connectivity index (χ2v) is 7.91. The Morgan fingerprint density at radius 3 is 2.52 bits per heavy atom. The predicted octanol–water partition coefficient (Wildman–Crippen LogP) is 3.91. The normalized spacial score (nSPS) is 19.2. The molecule has 0 radical (unpaired) electrons. The van der Waals surface area contributed by atoms with E-state index in [-0.39, 0.29) is 28.4 Å². The highest BCUT2D eigenvalue weighted by Crippen LogP contribution is 2.42. The van der Waals surface area contributed by atoms with Gasteiger partial charge in [-0.1, -0.05) is 55.8 Å². The number of benzene rings is 1. The number of carbonyl (C=O) groups excluding carboxylic acids is 1. The molecule has 0 aliphatic carbocycles. The SMILES string of the molecule is Cc1[nH]c(=O)c(C(=O)N2C[C@@H](c3ccccc3)C(C)(C)C2)c(C)c1Cl. The molecule has 1 aliphatic rings. The molecule has 2 aromatic rings. The van der Waals surface area contributed by atoms with Gasteiger partial charge in [-0.05, 0) is 30.4 Å². The number of pyridine rings is 1. The van der Waals surface area contributed by atoms with Crippen LogP contribution in [-0.4, -0.2) is 28.9 Å². The molecule has 2 heterocycles. The van der Waals surface area contributed by atoms with Crippen molar-refractivity contribution in [3.8, 4) is 0 Å². The molecular formula is C20H23ClN2O2. The van der Waals surface area contributed by atoms with Crippen LogP contribution in [-0.2, 0) is 0 Å². The van der Waals surface area contributed by atoms with Gasteiger partial charge in [0.25, 0.3) is 11.5 Å². The van der Waals surface area contributed by atoms with Crippen molar-refractivity contribution in [1.82, 2.24) is 9.88 Å². The number of amides is 1. The van der Waals surface area contributed by atoms with Crippen LogP contribution >= 0.6 is 11.6 Å². The summed E-state index contributed by atoms with van der Waals surface area (Å²) in [6, 6.07) is 10.2. The molecule has 0 unspecified atom stereocenters. The second kappa shape index (κ2) is 6.34. The highest BCUT2D eigenvalue weighted by molar-refractivity contribution is 6.32. The number of aromatic nitrogens is 1. The number of likely N-dealkylation sites (tertiary alicyclic amines) is 1. The lowest BCUT2D eigenvalue weighted by Gasteiger charge is -2.25. The molecule has 1 saturated heterocycles. The van der Waals surface area contributed by atoms with E-state index in [9.17, 15) is 9.59 Å². The Labute approximate surface area is 152 Å². The number of hydrogen-bond acceptors (Lipinski definition) is 2. The standard InChI is InChI=1S/C20H23ClN2O2/c1-12-16(18(24)22-13(2)17(12)21)19(25)23-10-15(20(3,4)11-23)14-8-6-5-7-9-14/h5-9,15H,10-11H2,1-4H3,(H,22,24)/t15-/m0/s1. The molecular weight excluding hydrogens is 336 g/mol. The zero-order valence-electron chi connectivity index (χ0n) is 15.0. The van der Waals surface area contributed by atoms with Gasteiger partial charge in [0.2, 0.25) is 0 Å². The summed E-state index contributed by atoms with van der Waals surface area (Å²) in [4.78, 5) is 29.9. The third-order valence-electron chi connectivity index (χ3n) is 5.21. The molecule has 5 heteroatoms. The summed E-state index contributed by atoms with van der Waals surface area (Å²) in [5, 5.41) is 0.445. The van der Waals surface area contributed by atoms with Crippen LogP contribution in [0.15, 0.2) is 35.1 Å². The van der Waals surface area contributed by atoms with Crippen molar-refractivity contribution >= 4 is 17.5 Å². The number of hydrogen-bond donors (Lipinski definition) is 1. The summed E-state index contributed by atoms with van der Waals surface area (Å²) in [6.07, 6.45) is 0. The first-order valence-corrected chi connectivity index (χ1v) is 8.83. The first-order valence-electron chi connectivity index (χ1n) is 8.45. The van der Waals surface area contributed by atoms with Crippen LogP contribution in [0.4, 0.5) is 0 Å². The molecule has 132 valence electrons. The Hall–Kier alpha value is -2.07. The average Bonchev–Trinajstić information content (AvgIpc) is 2.89. The average molecular weight is 359 g/mol. The van der Waals surface area contributed by atoms with Crippen molar-refractivity contribution < 1.29 is 4.79 Å². The van der Waals surface area contributed by atoms with Crippen LogP contribution < -0.4 is 5.56 Å². The first-order chi connectivity index (χ1) is 11.7. The van der Waals surface area contributed by atoms with E-state index in [4.69, 9.17) is 11.6 Å². The van der Waals surface area contributed by atoms with E-state index >= 15 is 0 Å². The number of nitrogens with one attached hydrogen (secondary N) is 1. The van der Waals surface area contributed by atoms with Gasteiger partial charge >= 0.3 is 0 Å². The maximum absolute atomic E-state index is 13.1. The van der Waals surface area contributed by atoms with Gasteiger partial charge < -0.3 is 9.88 Å². The van der Waals surface area contributed by atoms with Crippen LogP contribution in [0.2, 0.25) is 5.02 Å². The van der Waals surface area contributed by atoms with Gasteiger partial charge in [-0.15, -0.1) is 0 Å². The minimum atomic E-state index is -0.370. The zero-order chi connectivity index (χ0) is 18.4. The van der Waals surface area contributed by atoms with E-state index in [1.165, 1.54) is 5.56 Å². The van der Waals surface area contributed by atoms with Gasteiger partial charge in [-0.3, -0.25) is 9.59 Å². The molecule has 25 heavy (non-hydrogen) atoms. The predicted molar refractivity (Wildman–Crippen MR) is 100 cm³/mol. The van der Waals surface area contributed by atoms with Crippen molar-refractivity contribution in [2.45, 2.75) is 33.6 Å². The summed E-state index contributed by atoms with van der Waals surface area (Å²) in [7, 11) is 0.